The summed E-state index contributed by atoms with van der Waals surface area (Å²) in [6, 6.07) is 4.20. The molecule has 4 rings (SSSR count). The van der Waals surface area contributed by atoms with Gasteiger partial charge in [0.25, 0.3) is 0 Å². The van der Waals surface area contributed by atoms with E-state index in [0.29, 0.717) is 29.6 Å². The van der Waals surface area contributed by atoms with Gasteiger partial charge in [0.1, 0.15) is 23.5 Å². The summed E-state index contributed by atoms with van der Waals surface area (Å²) in [5.74, 6) is -2.80. The Bertz CT molecular complexity index is 1590. The van der Waals surface area contributed by atoms with E-state index in [0.717, 1.165) is 25.7 Å². The zero-order chi connectivity index (χ0) is 33.6. The van der Waals surface area contributed by atoms with Crippen molar-refractivity contribution in [2.24, 2.45) is 11.8 Å². The smallest absolute Gasteiger partial charge is 0.351 e. The standard InChI is InChI=1S/C29H40ClN4O10PS/c1-18(2)28(35)40-15-42-45(37,43-16-41-29(36)19(3)4)17-46(38,39)14-21-9-10-24(44-21)34-12-11-22-25(32-20-7-5-6-8-20)23(13-31)26(30)33-27(22)34/h11-12,18-21,24H,5-10,14-17H2,1-4H3,(H,32,33)/t21-,24+/m0/s1. The third-order valence-electron chi connectivity index (χ3n) is 7.67. The van der Waals surface area contributed by atoms with Gasteiger partial charge in [0.05, 0.1) is 29.4 Å². The monoisotopic (exact) mass is 702 g/mol. The molecule has 254 valence electrons. The summed E-state index contributed by atoms with van der Waals surface area (Å²) in [4.78, 5) is 28.1. The molecule has 0 amide bonds. The van der Waals surface area contributed by atoms with Crippen molar-refractivity contribution in [3.05, 3.63) is 23.0 Å². The SMILES string of the molecule is CC(C)C(=O)OCOP(=O)(CS(=O)(=O)C[C@@H]1CC[C@H](n2ccc3c(NC4CCCC4)c(C#N)c(Cl)nc32)O1)OCOC(=O)C(C)C. The Morgan fingerprint density at radius 2 is 1.72 bits per heavy atom. The summed E-state index contributed by atoms with van der Waals surface area (Å²) in [5.41, 5.74) is 0.326. The molecule has 0 unspecified atom stereocenters. The quantitative estimate of drug-likeness (QED) is 0.106. The van der Waals surface area contributed by atoms with E-state index in [4.69, 9.17) is 34.9 Å². The number of aromatic nitrogens is 2. The van der Waals surface area contributed by atoms with Crippen LogP contribution in [0.2, 0.25) is 5.15 Å². The average molecular weight is 703 g/mol. The van der Waals surface area contributed by atoms with Gasteiger partial charge < -0.3 is 24.1 Å². The zero-order valence-corrected chi connectivity index (χ0v) is 28.7. The number of sulfone groups is 1. The number of anilines is 1. The molecule has 1 saturated carbocycles. The van der Waals surface area contributed by atoms with Crippen molar-refractivity contribution in [2.45, 2.75) is 84.6 Å². The molecule has 14 nitrogen and oxygen atoms in total. The summed E-state index contributed by atoms with van der Waals surface area (Å²) in [7, 11) is -8.60. The average Bonchev–Trinajstić information content (AvgIpc) is 3.74. The molecule has 0 spiro atoms. The highest BCUT2D eigenvalue weighted by molar-refractivity contribution is 7.97. The van der Waals surface area contributed by atoms with Gasteiger partial charge in [-0.1, -0.05) is 52.1 Å². The van der Waals surface area contributed by atoms with Crippen LogP contribution in [0.15, 0.2) is 12.3 Å². The van der Waals surface area contributed by atoms with Crippen molar-refractivity contribution >= 4 is 57.7 Å². The van der Waals surface area contributed by atoms with E-state index in [1.54, 1.807) is 38.5 Å². The number of nitrogens with one attached hydrogen (secondary N) is 1. The molecule has 1 aliphatic heterocycles. The third kappa shape index (κ3) is 9.20. The Morgan fingerprint density at radius 3 is 2.28 bits per heavy atom. The summed E-state index contributed by atoms with van der Waals surface area (Å²) >= 11 is 6.43. The summed E-state index contributed by atoms with van der Waals surface area (Å²) < 4.78 is 67.9. The second-order valence-corrected chi connectivity index (χ2v) is 17.0. The molecule has 0 radical (unpaired) electrons. The Labute approximate surface area is 273 Å². The van der Waals surface area contributed by atoms with Crippen LogP contribution in [0, 0.1) is 23.2 Å². The molecule has 46 heavy (non-hydrogen) atoms. The summed E-state index contributed by atoms with van der Waals surface area (Å²) in [6.45, 7) is 4.71. The number of halogens is 1. The molecule has 0 bridgehead atoms. The Hall–Kier alpha value is -2.73. The van der Waals surface area contributed by atoms with Gasteiger partial charge in [-0.05, 0) is 31.7 Å². The highest BCUT2D eigenvalue weighted by atomic mass is 35.5. The lowest BCUT2D eigenvalue weighted by molar-refractivity contribution is -0.156. The van der Waals surface area contributed by atoms with Crippen LogP contribution in [0.1, 0.15) is 78.0 Å². The summed E-state index contributed by atoms with van der Waals surface area (Å²) in [5, 5.41) is 14.0. The van der Waals surface area contributed by atoms with E-state index in [2.05, 4.69) is 16.4 Å². The molecule has 1 saturated heterocycles. The molecule has 17 heteroatoms. The summed E-state index contributed by atoms with van der Waals surface area (Å²) in [6.07, 6.45) is 5.45. The number of esters is 2. The second-order valence-electron chi connectivity index (χ2n) is 12.0. The molecule has 1 aliphatic carbocycles. The maximum Gasteiger partial charge on any atom is 0.351 e. The third-order valence-corrected chi connectivity index (χ3v) is 12.7. The number of nitriles is 1. The van der Waals surface area contributed by atoms with E-state index in [9.17, 15) is 27.8 Å². The number of carbonyl (C=O) groups excluding carboxylic acids is 2. The highest BCUT2D eigenvalue weighted by Gasteiger charge is 2.38. The van der Waals surface area contributed by atoms with Crippen LogP contribution in [0.25, 0.3) is 11.0 Å². The lowest BCUT2D eigenvalue weighted by Gasteiger charge is -2.20. The molecule has 1 N–H and O–H groups in total. The number of hydrogen-bond donors (Lipinski definition) is 1. The van der Waals surface area contributed by atoms with Crippen LogP contribution in [0.4, 0.5) is 5.69 Å². The highest BCUT2D eigenvalue weighted by Crippen LogP contribution is 2.50. The number of ether oxygens (including phenoxy) is 3. The van der Waals surface area contributed by atoms with Crippen molar-refractivity contribution in [3.63, 3.8) is 0 Å². The largest absolute Gasteiger partial charge is 0.438 e. The predicted octanol–water partition coefficient (Wildman–Crippen LogP) is 5.51. The molecule has 2 aromatic rings. The van der Waals surface area contributed by atoms with E-state index in [1.165, 1.54) is 0 Å². The number of hydrogen-bond acceptors (Lipinski definition) is 13. The van der Waals surface area contributed by atoms with Crippen molar-refractivity contribution < 1.29 is 45.8 Å². The minimum Gasteiger partial charge on any atom is -0.438 e. The molecular weight excluding hydrogens is 663 g/mol. The fraction of sp³-hybridized carbons (Fsp3) is 0.655. The van der Waals surface area contributed by atoms with Gasteiger partial charge in [-0.3, -0.25) is 23.2 Å². The predicted molar refractivity (Wildman–Crippen MR) is 169 cm³/mol. The van der Waals surface area contributed by atoms with Crippen molar-refractivity contribution in [1.29, 1.82) is 5.26 Å². The Morgan fingerprint density at radius 1 is 1.11 bits per heavy atom. The molecule has 3 heterocycles. The molecule has 2 atom stereocenters. The minimum atomic E-state index is -4.46. The molecule has 0 aromatic carbocycles. The van der Waals surface area contributed by atoms with E-state index in [1.807, 2.05) is 6.07 Å². The number of nitrogens with zero attached hydrogens (tertiary/aromatic N) is 3. The zero-order valence-electron chi connectivity index (χ0n) is 26.3. The van der Waals surface area contributed by atoms with E-state index < -0.39 is 78.4 Å². The van der Waals surface area contributed by atoms with E-state index >= 15 is 0 Å². The minimum absolute atomic E-state index is 0.0569. The molecular formula is C29H40ClN4O10PS. The van der Waals surface area contributed by atoms with Gasteiger partial charge in [0.2, 0.25) is 13.6 Å². The fourth-order valence-corrected chi connectivity index (χ4v) is 9.74. The topological polar surface area (TPSA) is 185 Å². The maximum atomic E-state index is 13.4. The number of fused-ring (bicyclic) bond motifs is 1. The van der Waals surface area contributed by atoms with Gasteiger partial charge in [0.15, 0.2) is 20.5 Å². The lowest BCUT2D eigenvalue weighted by Crippen LogP contribution is -2.25. The fourth-order valence-electron chi connectivity index (χ4n) is 5.26. The first-order valence-electron chi connectivity index (χ1n) is 15.2. The maximum absolute atomic E-state index is 13.4. The number of carbonyl (C=O) groups is 2. The van der Waals surface area contributed by atoms with Crippen LogP contribution in [-0.4, -0.2) is 66.9 Å². The lowest BCUT2D eigenvalue weighted by atomic mass is 10.1. The van der Waals surface area contributed by atoms with E-state index in [-0.39, 0.29) is 16.8 Å². The normalized spacial score (nSPS) is 19.2. The number of rotatable bonds is 15. The van der Waals surface area contributed by atoms with Gasteiger partial charge in [-0.25, -0.2) is 13.4 Å². The van der Waals surface area contributed by atoms with Crippen LogP contribution < -0.4 is 5.32 Å². The van der Waals surface area contributed by atoms with Gasteiger partial charge in [-0.15, -0.1) is 0 Å². The first kappa shape index (κ1) is 36.1. The second kappa shape index (κ2) is 15.4. The van der Waals surface area contributed by atoms with Crippen molar-refractivity contribution in [3.8, 4) is 6.07 Å². The molecule has 2 aromatic heterocycles. The Kier molecular flexibility index (Phi) is 12.1. The first-order valence-corrected chi connectivity index (χ1v) is 19.1. The van der Waals surface area contributed by atoms with Gasteiger partial charge >= 0.3 is 19.5 Å². The van der Waals surface area contributed by atoms with Crippen LogP contribution in [0.3, 0.4) is 0 Å². The van der Waals surface area contributed by atoms with Crippen molar-refractivity contribution in [2.75, 3.05) is 30.1 Å². The van der Waals surface area contributed by atoms with Crippen molar-refractivity contribution in [1.82, 2.24) is 9.55 Å². The van der Waals surface area contributed by atoms with Gasteiger partial charge in [0, 0.05) is 17.6 Å². The first-order chi connectivity index (χ1) is 21.7. The molecule has 2 fully saturated rings. The number of pyridine rings is 1. The van der Waals surface area contributed by atoms with Crippen LogP contribution in [0.5, 0.6) is 0 Å². The molecule has 2 aliphatic rings. The van der Waals surface area contributed by atoms with Gasteiger partial charge in [-0.2, -0.15) is 5.26 Å². The van der Waals surface area contributed by atoms with Crippen LogP contribution >= 0.6 is 19.2 Å². The van der Waals surface area contributed by atoms with Crippen LogP contribution in [-0.2, 0) is 47.2 Å². The Balaban J connectivity index is 1.45.